The zero-order valence-electron chi connectivity index (χ0n) is 12.7. The molecule has 6 nitrogen and oxygen atoms in total. The van der Waals surface area contributed by atoms with E-state index in [0.29, 0.717) is 14.9 Å². The van der Waals surface area contributed by atoms with Gasteiger partial charge in [0.1, 0.15) is 10.6 Å². The van der Waals surface area contributed by atoms with Crippen LogP contribution < -0.4 is 14.3 Å². The summed E-state index contributed by atoms with van der Waals surface area (Å²) in [6.45, 7) is 0. The highest BCUT2D eigenvalue weighted by atomic mass is 79.9. The fourth-order valence-electron chi connectivity index (χ4n) is 2.27. The number of ether oxygens (including phenoxy) is 1. The molecule has 2 aromatic carbocycles. The average Bonchev–Trinajstić information content (AvgIpc) is 2.81. The summed E-state index contributed by atoms with van der Waals surface area (Å²) in [7, 11) is -0.745. The lowest BCUT2D eigenvalue weighted by Crippen LogP contribution is -2.14. The number of hydrogen-bond donors (Lipinski definition) is 1. The molecule has 0 aliphatic heterocycles. The molecular formula is C15H13BrN2O4S2. The molecule has 1 aromatic heterocycles. The van der Waals surface area contributed by atoms with Crippen molar-refractivity contribution in [1.82, 2.24) is 4.57 Å². The van der Waals surface area contributed by atoms with E-state index in [1.54, 1.807) is 37.4 Å². The second-order valence-corrected chi connectivity index (χ2v) is 8.57. The van der Waals surface area contributed by atoms with Gasteiger partial charge in [-0.05, 0) is 36.4 Å². The number of methoxy groups -OCH3 is 1. The van der Waals surface area contributed by atoms with Crippen molar-refractivity contribution >= 4 is 53.2 Å². The maximum atomic E-state index is 12.7. The molecular weight excluding hydrogens is 416 g/mol. The number of fused-ring (bicyclic) bond motifs is 1. The topological polar surface area (TPSA) is 77.4 Å². The summed E-state index contributed by atoms with van der Waals surface area (Å²) in [6, 6.07) is 9.72. The van der Waals surface area contributed by atoms with E-state index >= 15 is 0 Å². The van der Waals surface area contributed by atoms with Gasteiger partial charge >= 0.3 is 4.87 Å². The molecule has 0 saturated carbocycles. The van der Waals surface area contributed by atoms with Crippen molar-refractivity contribution in [3.8, 4) is 5.75 Å². The number of rotatable bonds is 4. The standard InChI is InChI=1S/C15H13BrN2O4S2/c1-18-11-5-4-10(8-13(11)23-15(18)19)17-24(20,21)14-7-9(16)3-6-12(14)22-2/h3-8,17H,1-2H3. The van der Waals surface area contributed by atoms with E-state index in [1.165, 1.54) is 17.7 Å². The van der Waals surface area contributed by atoms with Crippen molar-refractivity contribution < 1.29 is 13.2 Å². The number of nitrogens with zero attached hydrogens (tertiary/aromatic N) is 1. The van der Waals surface area contributed by atoms with Crippen LogP contribution in [0.3, 0.4) is 0 Å². The Morgan fingerprint density at radius 1 is 1.21 bits per heavy atom. The minimum Gasteiger partial charge on any atom is -0.495 e. The van der Waals surface area contributed by atoms with Gasteiger partial charge in [-0.3, -0.25) is 9.52 Å². The van der Waals surface area contributed by atoms with E-state index in [0.717, 1.165) is 16.9 Å². The van der Waals surface area contributed by atoms with Gasteiger partial charge in [0.2, 0.25) is 0 Å². The number of thiazole rings is 1. The number of anilines is 1. The maximum Gasteiger partial charge on any atom is 0.307 e. The van der Waals surface area contributed by atoms with Crippen LogP contribution in [0.5, 0.6) is 5.75 Å². The summed E-state index contributed by atoms with van der Waals surface area (Å²) in [6.07, 6.45) is 0. The molecule has 3 aromatic rings. The second-order valence-electron chi connectivity index (χ2n) is 5.01. The number of aromatic nitrogens is 1. The minimum atomic E-state index is -3.84. The molecule has 0 spiro atoms. The molecule has 0 fully saturated rings. The van der Waals surface area contributed by atoms with Crippen LogP contribution in [0.1, 0.15) is 0 Å². The largest absolute Gasteiger partial charge is 0.495 e. The third kappa shape index (κ3) is 3.06. The van der Waals surface area contributed by atoms with Gasteiger partial charge in [-0.1, -0.05) is 27.3 Å². The van der Waals surface area contributed by atoms with Gasteiger partial charge < -0.3 is 9.30 Å². The number of nitrogens with one attached hydrogen (secondary N) is 1. The first-order chi connectivity index (χ1) is 11.3. The van der Waals surface area contributed by atoms with Crippen LogP contribution >= 0.6 is 27.3 Å². The van der Waals surface area contributed by atoms with Crippen LogP contribution in [0.15, 0.2) is 50.6 Å². The van der Waals surface area contributed by atoms with Gasteiger partial charge in [-0.2, -0.15) is 0 Å². The Morgan fingerprint density at radius 3 is 2.67 bits per heavy atom. The van der Waals surface area contributed by atoms with E-state index < -0.39 is 10.0 Å². The van der Waals surface area contributed by atoms with Crippen molar-refractivity contribution in [2.45, 2.75) is 4.90 Å². The molecule has 126 valence electrons. The molecule has 1 heterocycles. The molecule has 0 radical (unpaired) electrons. The average molecular weight is 429 g/mol. The maximum absolute atomic E-state index is 12.7. The smallest absolute Gasteiger partial charge is 0.307 e. The van der Waals surface area contributed by atoms with Gasteiger partial charge in [0.15, 0.2) is 0 Å². The van der Waals surface area contributed by atoms with Crippen molar-refractivity contribution in [2.24, 2.45) is 7.05 Å². The van der Waals surface area contributed by atoms with Gasteiger partial charge in [-0.15, -0.1) is 0 Å². The predicted molar refractivity (Wildman–Crippen MR) is 98.6 cm³/mol. The Kier molecular flexibility index (Phi) is 4.41. The molecule has 0 unspecified atom stereocenters. The highest BCUT2D eigenvalue weighted by Crippen LogP contribution is 2.30. The van der Waals surface area contributed by atoms with E-state index in [1.807, 2.05) is 0 Å². The molecule has 3 rings (SSSR count). The van der Waals surface area contributed by atoms with Crippen LogP contribution in [-0.2, 0) is 17.1 Å². The Hall–Kier alpha value is -1.84. The summed E-state index contributed by atoms with van der Waals surface area (Å²) in [4.78, 5) is 11.6. The van der Waals surface area contributed by atoms with Gasteiger partial charge in [0.25, 0.3) is 10.0 Å². The van der Waals surface area contributed by atoms with Crippen LogP contribution in [-0.4, -0.2) is 20.1 Å². The monoisotopic (exact) mass is 428 g/mol. The molecule has 0 aliphatic rings. The first-order valence-electron chi connectivity index (χ1n) is 6.78. The fraction of sp³-hybridized carbons (Fsp3) is 0.133. The third-order valence-corrected chi connectivity index (χ3v) is 6.35. The highest BCUT2D eigenvalue weighted by molar-refractivity contribution is 9.10. The second kappa shape index (κ2) is 6.23. The molecule has 0 bridgehead atoms. The van der Waals surface area contributed by atoms with Crippen molar-refractivity contribution in [2.75, 3.05) is 11.8 Å². The van der Waals surface area contributed by atoms with Gasteiger partial charge in [0.05, 0.1) is 23.0 Å². The SMILES string of the molecule is COc1ccc(Br)cc1S(=O)(=O)Nc1ccc2c(c1)sc(=O)n2C. The summed E-state index contributed by atoms with van der Waals surface area (Å²) in [5.41, 5.74) is 1.14. The lowest BCUT2D eigenvalue weighted by Gasteiger charge is -2.12. The molecule has 9 heteroatoms. The number of benzene rings is 2. The van der Waals surface area contributed by atoms with E-state index in [4.69, 9.17) is 4.74 Å². The number of hydrogen-bond acceptors (Lipinski definition) is 5. The molecule has 0 amide bonds. The van der Waals surface area contributed by atoms with E-state index in [9.17, 15) is 13.2 Å². The zero-order valence-corrected chi connectivity index (χ0v) is 16.0. The van der Waals surface area contributed by atoms with Crippen molar-refractivity contribution in [1.29, 1.82) is 0 Å². The lowest BCUT2D eigenvalue weighted by atomic mass is 10.3. The van der Waals surface area contributed by atoms with Gasteiger partial charge in [0, 0.05) is 11.5 Å². The molecule has 0 aliphatic carbocycles. The number of halogens is 1. The Morgan fingerprint density at radius 2 is 1.96 bits per heavy atom. The van der Waals surface area contributed by atoms with Crippen LogP contribution in [0.25, 0.3) is 10.2 Å². The zero-order chi connectivity index (χ0) is 17.5. The Balaban J connectivity index is 2.04. The summed E-state index contributed by atoms with van der Waals surface area (Å²) < 4.78 is 35.8. The van der Waals surface area contributed by atoms with Crippen molar-refractivity contribution in [3.63, 3.8) is 0 Å². The fourth-order valence-corrected chi connectivity index (χ4v) is 4.95. The number of sulfonamides is 1. The Bertz CT molecular complexity index is 1090. The summed E-state index contributed by atoms with van der Waals surface area (Å²) in [5, 5.41) is 0. The minimum absolute atomic E-state index is 0.0284. The highest BCUT2D eigenvalue weighted by Gasteiger charge is 2.20. The van der Waals surface area contributed by atoms with Crippen LogP contribution in [0, 0.1) is 0 Å². The van der Waals surface area contributed by atoms with Gasteiger partial charge in [-0.25, -0.2) is 8.42 Å². The van der Waals surface area contributed by atoms with Crippen LogP contribution in [0.2, 0.25) is 0 Å². The third-order valence-electron chi connectivity index (χ3n) is 3.46. The quantitative estimate of drug-likeness (QED) is 0.691. The van der Waals surface area contributed by atoms with E-state index in [-0.39, 0.29) is 15.5 Å². The number of aryl methyl sites for hydroxylation is 1. The van der Waals surface area contributed by atoms with E-state index in [2.05, 4.69) is 20.7 Å². The lowest BCUT2D eigenvalue weighted by molar-refractivity contribution is 0.403. The molecule has 0 saturated heterocycles. The summed E-state index contributed by atoms with van der Waals surface area (Å²) in [5.74, 6) is 0.246. The molecule has 1 N–H and O–H groups in total. The normalized spacial score (nSPS) is 11.6. The van der Waals surface area contributed by atoms with Crippen LogP contribution in [0.4, 0.5) is 5.69 Å². The first-order valence-corrected chi connectivity index (χ1v) is 9.87. The predicted octanol–water partition coefficient (Wildman–Crippen LogP) is 3.17. The molecule has 24 heavy (non-hydrogen) atoms. The first kappa shape index (κ1) is 17.0. The summed E-state index contributed by atoms with van der Waals surface area (Å²) >= 11 is 4.33. The van der Waals surface area contributed by atoms with Crippen molar-refractivity contribution in [3.05, 3.63) is 50.5 Å². The molecule has 0 atom stereocenters. The Labute approximate surface area is 150 Å².